The summed E-state index contributed by atoms with van der Waals surface area (Å²) in [4.78, 5) is 16.0. The molecule has 1 aromatic heterocycles. The molecule has 0 saturated carbocycles. The molecule has 0 bridgehead atoms. The molecule has 0 saturated heterocycles. The van der Waals surface area contributed by atoms with Crippen LogP contribution in [0.25, 0.3) is 11.0 Å². The van der Waals surface area contributed by atoms with Crippen molar-refractivity contribution in [2.24, 2.45) is 5.92 Å². The Labute approximate surface area is 106 Å². The molecular weight excluding hydrogens is 228 g/mol. The lowest BCUT2D eigenvalue weighted by Gasteiger charge is -2.08. The predicted octanol–water partition coefficient (Wildman–Crippen LogP) is 1.39. The van der Waals surface area contributed by atoms with Crippen LogP contribution >= 0.6 is 0 Å². The number of nitrogen functional groups attached to an aromatic ring is 1. The maximum Gasteiger partial charge on any atom is 0.240 e. The Balaban J connectivity index is 2.10. The van der Waals surface area contributed by atoms with Crippen LogP contribution in [0.3, 0.4) is 0 Å². The first-order chi connectivity index (χ1) is 8.56. The third kappa shape index (κ3) is 2.80. The molecule has 18 heavy (non-hydrogen) atoms. The Morgan fingerprint density at radius 3 is 3.00 bits per heavy atom. The molecule has 5 nitrogen and oxygen atoms in total. The topological polar surface area (TPSA) is 72.9 Å². The quantitative estimate of drug-likeness (QED) is 0.801. The highest BCUT2D eigenvalue weighted by atomic mass is 16.1. The van der Waals surface area contributed by atoms with Gasteiger partial charge in [0.15, 0.2) is 0 Å². The number of fused-ring (bicyclic) bond motifs is 1. The number of benzene rings is 1. The minimum absolute atomic E-state index is 0.000162. The van der Waals surface area contributed by atoms with Crippen LogP contribution in [0.5, 0.6) is 0 Å². The number of hydrogen-bond acceptors (Lipinski definition) is 3. The van der Waals surface area contributed by atoms with Crippen LogP contribution in [-0.2, 0) is 11.3 Å². The summed E-state index contributed by atoms with van der Waals surface area (Å²) in [7, 11) is 0. The second-order valence-electron chi connectivity index (χ2n) is 4.82. The first kappa shape index (κ1) is 12.4. The van der Waals surface area contributed by atoms with E-state index in [1.807, 2.05) is 16.7 Å². The van der Waals surface area contributed by atoms with Gasteiger partial charge >= 0.3 is 0 Å². The van der Waals surface area contributed by atoms with Gasteiger partial charge in [0.05, 0.1) is 17.4 Å². The van der Waals surface area contributed by atoms with E-state index in [0.29, 0.717) is 18.2 Å². The van der Waals surface area contributed by atoms with Crippen LogP contribution in [0.2, 0.25) is 0 Å². The number of aromatic nitrogens is 2. The molecule has 0 aliphatic heterocycles. The summed E-state index contributed by atoms with van der Waals surface area (Å²) in [5, 5.41) is 2.88. The van der Waals surface area contributed by atoms with Crippen LogP contribution in [-0.4, -0.2) is 22.0 Å². The number of amides is 1. The molecule has 0 aliphatic rings. The number of anilines is 1. The highest BCUT2D eigenvalue weighted by Crippen LogP contribution is 2.15. The maximum absolute atomic E-state index is 11.7. The van der Waals surface area contributed by atoms with Crippen molar-refractivity contribution in [2.45, 2.75) is 20.4 Å². The molecule has 0 aliphatic carbocycles. The zero-order valence-electron chi connectivity index (χ0n) is 10.7. The Morgan fingerprint density at radius 1 is 1.50 bits per heavy atom. The lowest BCUT2D eigenvalue weighted by Crippen LogP contribution is -2.30. The van der Waals surface area contributed by atoms with Gasteiger partial charge in [-0.25, -0.2) is 4.98 Å². The molecule has 0 atom stereocenters. The molecule has 1 heterocycles. The molecular formula is C13H18N4O. The molecule has 5 heteroatoms. The summed E-state index contributed by atoms with van der Waals surface area (Å²) < 4.78 is 1.82. The van der Waals surface area contributed by atoms with Crippen molar-refractivity contribution in [2.75, 3.05) is 12.3 Å². The lowest BCUT2D eigenvalue weighted by molar-refractivity contribution is -0.121. The average molecular weight is 246 g/mol. The minimum Gasteiger partial charge on any atom is -0.399 e. The molecule has 0 unspecified atom stereocenters. The fourth-order valence-electron chi connectivity index (χ4n) is 1.74. The van der Waals surface area contributed by atoms with Crippen molar-refractivity contribution in [1.82, 2.24) is 14.9 Å². The number of imidazole rings is 1. The van der Waals surface area contributed by atoms with Crippen LogP contribution in [0.15, 0.2) is 24.5 Å². The van der Waals surface area contributed by atoms with E-state index in [-0.39, 0.29) is 12.5 Å². The molecule has 0 spiro atoms. The molecule has 1 amide bonds. The van der Waals surface area contributed by atoms with E-state index in [2.05, 4.69) is 24.1 Å². The standard InChI is InChI=1S/C13H18N4O/c1-9(2)6-15-13(18)7-17-8-16-11-5-10(14)3-4-12(11)17/h3-5,8-9H,6-7,14H2,1-2H3,(H,15,18). The SMILES string of the molecule is CC(C)CNC(=O)Cn1cnc2cc(N)ccc21. The second-order valence-corrected chi connectivity index (χ2v) is 4.82. The summed E-state index contributed by atoms with van der Waals surface area (Å²) >= 11 is 0. The summed E-state index contributed by atoms with van der Waals surface area (Å²) in [5.74, 6) is 0.452. The van der Waals surface area contributed by atoms with E-state index in [1.165, 1.54) is 0 Å². The Hall–Kier alpha value is -2.04. The van der Waals surface area contributed by atoms with Gasteiger partial charge in [-0.05, 0) is 24.1 Å². The van der Waals surface area contributed by atoms with Crippen molar-refractivity contribution in [3.63, 3.8) is 0 Å². The van der Waals surface area contributed by atoms with Gasteiger partial charge < -0.3 is 15.6 Å². The third-order valence-corrected chi connectivity index (χ3v) is 2.67. The lowest BCUT2D eigenvalue weighted by atomic mass is 10.2. The molecule has 2 aromatic rings. The first-order valence-corrected chi connectivity index (χ1v) is 6.03. The number of nitrogens with one attached hydrogen (secondary N) is 1. The van der Waals surface area contributed by atoms with Crippen molar-refractivity contribution < 1.29 is 4.79 Å². The highest BCUT2D eigenvalue weighted by Gasteiger charge is 2.07. The molecule has 2 rings (SSSR count). The van der Waals surface area contributed by atoms with Gasteiger partial charge in [0.2, 0.25) is 5.91 Å². The van der Waals surface area contributed by atoms with Gasteiger partial charge in [-0.15, -0.1) is 0 Å². The van der Waals surface area contributed by atoms with Crippen molar-refractivity contribution in [3.8, 4) is 0 Å². The first-order valence-electron chi connectivity index (χ1n) is 6.03. The number of nitrogens with two attached hydrogens (primary N) is 1. The van der Waals surface area contributed by atoms with Crippen LogP contribution < -0.4 is 11.1 Å². The van der Waals surface area contributed by atoms with Crippen molar-refractivity contribution >= 4 is 22.6 Å². The van der Waals surface area contributed by atoms with E-state index in [1.54, 1.807) is 12.4 Å². The fourth-order valence-corrected chi connectivity index (χ4v) is 1.74. The third-order valence-electron chi connectivity index (χ3n) is 2.67. The average Bonchev–Trinajstić information content (AvgIpc) is 2.69. The number of rotatable bonds is 4. The van der Waals surface area contributed by atoms with Crippen molar-refractivity contribution in [1.29, 1.82) is 0 Å². The predicted molar refractivity (Wildman–Crippen MR) is 72.0 cm³/mol. The molecule has 0 radical (unpaired) electrons. The smallest absolute Gasteiger partial charge is 0.240 e. The summed E-state index contributed by atoms with van der Waals surface area (Å²) in [6.07, 6.45) is 1.67. The Bertz CT molecular complexity index is 559. The molecule has 0 fully saturated rings. The summed E-state index contributed by atoms with van der Waals surface area (Å²) in [5.41, 5.74) is 8.10. The number of carbonyl (C=O) groups excluding carboxylic acids is 1. The van der Waals surface area contributed by atoms with Crippen molar-refractivity contribution in [3.05, 3.63) is 24.5 Å². The minimum atomic E-state index is -0.000162. The van der Waals surface area contributed by atoms with Crippen LogP contribution in [0.1, 0.15) is 13.8 Å². The normalized spacial score (nSPS) is 11.1. The van der Waals surface area contributed by atoms with Crippen LogP contribution in [0.4, 0.5) is 5.69 Å². The van der Waals surface area contributed by atoms with Gasteiger partial charge in [0, 0.05) is 12.2 Å². The van der Waals surface area contributed by atoms with E-state index in [9.17, 15) is 4.79 Å². The monoisotopic (exact) mass is 246 g/mol. The van der Waals surface area contributed by atoms with E-state index in [4.69, 9.17) is 5.73 Å². The van der Waals surface area contributed by atoms with Gasteiger partial charge in [-0.1, -0.05) is 13.8 Å². The fraction of sp³-hybridized carbons (Fsp3) is 0.385. The molecule has 96 valence electrons. The van der Waals surface area contributed by atoms with E-state index >= 15 is 0 Å². The summed E-state index contributed by atoms with van der Waals surface area (Å²) in [6, 6.07) is 5.50. The van der Waals surface area contributed by atoms with E-state index in [0.717, 1.165) is 11.0 Å². The van der Waals surface area contributed by atoms with Gasteiger partial charge in [0.1, 0.15) is 6.54 Å². The Morgan fingerprint density at radius 2 is 2.28 bits per heavy atom. The molecule has 1 aromatic carbocycles. The van der Waals surface area contributed by atoms with Gasteiger partial charge in [0.25, 0.3) is 0 Å². The van der Waals surface area contributed by atoms with Gasteiger partial charge in [-0.2, -0.15) is 0 Å². The zero-order chi connectivity index (χ0) is 13.1. The Kier molecular flexibility index (Phi) is 3.50. The number of carbonyl (C=O) groups is 1. The van der Waals surface area contributed by atoms with Crippen LogP contribution in [0, 0.1) is 5.92 Å². The van der Waals surface area contributed by atoms with E-state index < -0.39 is 0 Å². The molecule has 3 N–H and O–H groups in total. The summed E-state index contributed by atoms with van der Waals surface area (Å²) in [6.45, 7) is 5.11. The van der Waals surface area contributed by atoms with Gasteiger partial charge in [-0.3, -0.25) is 4.79 Å². The highest BCUT2D eigenvalue weighted by molar-refractivity contribution is 5.82. The number of nitrogens with zero attached hydrogens (tertiary/aromatic N) is 2. The largest absolute Gasteiger partial charge is 0.399 e. The zero-order valence-corrected chi connectivity index (χ0v) is 10.7. The number of hydrogen-bond donors (Lipinski definition) is 2. The second kappa shape index (κ2) is 5.08. The maximum atomic E-state index is 11.7.